The van der Waals surface area contributed by atoms with Crippen LogP contribution < -0.4 is 4.74 Å². The normalized spacial score (nSPS) is 17.2. The van der Waals surface area contributed by atoms with Gasteiger partial charge in [-0.3, -0.25) is 0 Å². The van der Waals surface area contributed by atoms with E-state index in [0.29, 0.717) is 0 Å². The van der Waals surface area contributed by atoms with Crippen LogP contribution in [0.5, 0.6) is 5.75 Å². The van der Waals surface area contributed by atoms with Gasteiger partial charge in [-0.25, -0.2) is 9.97 Å². The average Bonchev–Trinajstić information content (AvgIpc) is 3.57. The fourth-order valence-electron chi connectivity index (χ4n) is 9.60. The molecule has 1 unspecified atom stereocenters. The van der Waals surface area contributed by atoms with Crippen LogP contribution in [0.15, 0.2) is 205 Å². The Morgan fingerprint density at radius 3 is 1.88 bits per heavy atom. The minimum Gasteiger partial charge on any atom is -0.460 e. The predicted octanol–water partition coefficient (Wildman–Crippen LogP) is 12.8. The molecular formula is C53H38N2O. The highest BCUT2D eigenvalue weighted by molar-refractivity contribution is 5.88. The van der Waals surface area contributed by atoms with E-state index < -0.39 is 5.41 Å². The molecule has 11 rings (SSSR count). The van der Waals surface area contributed by atoms with Crippen molar-refractivity contribution in [3.8, 4) is 50.8 Å². The van der Waals surface area contributed by atoms with Crippen LogP contribution in [0.2, 0.25) is 0 Å². The molecule has 7 aromatic rings. The summed E-state index contributed by atoms with van der Waals surface area (Å²) in [6.45, 7) is 0. The number of allylic oxidation sites excluding steroid dienone is 7. The first-order valence-electron chi connectivity index (χ1n) is 19.7. The molecule has 4 aliphatic rings. The SMILES string of the molecule is C1=CC(C2CC=CC3=C2Oc2ccccc2C32c3ccccc3-c3ccccc32)=C(c2cccc(-c3cc(-c4ccccc4)nc(-c4ccccc4)n3)c2)CC1. The van der Waals surface area contributed by atoms with E-state index in [0.717, 1.165) is 64.7 Å². The molecule has 1 spiro atoms. The van der Waals surface area contributed by atoms with Crippen LogP contribution in [0.4, 0.5) is 0 Å². The highest BCUT2D eigenvalue weighted by Crippen LogP contribution is 2.62. The fraction of sp³-hybridized carbons (Fsp3) is 0.0943. The highest BCUT2D eigenvalue weighted by atomic mass is 16.5. The maximum atomic E-state index is 7.15. The molecule has 266 valence electrons. The Hall–Kier alpha value is -6.84. The third-order valence-corrected chi connectivity index (χ3v) is 12.0. The van der Waals surface area contributed by atoms with E-state index in [1.165, 1.54) is 50.1 Å². The van der Waals surface area contributed by atoms with Gasteiger partial charge in [-0.2, -0.15) is 0 Å². The Morgan fingerprint density at radius 1 is 0.518 bits per heavy atom. The summed E-state index contributed by atoms with van der Waals surface area (Å²) in [6.07, 6.45) is 12.3. The smallest absolute Gasteiger partial charge is 0.160 e. The maximum Gasteiger partial charge on any atom is 0.160 e. The van der Waals surface area contributed by atoms with Gasteiger partial charge in [0.1, 0.15) is 11.5 Å². The van der Waals surface area contributed by atoms with Crippen molar-refractivity contribution in [3.63, 3.8) is 0 Å². The summed E-state index contributed by atoms with van der Waals surface area (Å²) in [5.41, 5.74) is 16.1. The zero-order chi connectivity index (χ0) is 37.1. The number of hydrogen-bond donors (Lipinski definition) is 0. The summed E-state index contributed by atoms with van der Waals surface area (Å²) in [6, 6.07) is 58.4. The van der Waals surface area contributed by atoms with Gasteiger partial charge in [-0.15, -0.1) is 0 Å². The lowest BCUT2D eigenvalue weighted by Gasteiger charge is -2.43. The van der Waals surface area contributed by atoms with Crippen molar-refractivity contribution in [1.29, 1.82) is 0 Å². The fourth-order valence-corrected chi connectivity index (χ4v) is 9.60. The molecule has 3 nitrogen and oxygen atoms in total. The topological polar surface area (TPSA) is 35.0 Å². The molecule has 0 radical (unpaired) electrons. The molecule has 56 heavy (non-hydrogen) atoms. The number of rotatable bonds is 5. The van der Waals surface area contributed by atoms with Gasteiger partial charge in [0.15, 0.2) is 5.82 Å². The van der Waals surface area contributed by atoms with Gasteiger partial charge in [-0.05, 0) is 76.4 Å². The lowest BCUT2D eigenvalue weighted by molar-refractivity contribution is 0.331. The molecule has 6 aromatic carbocycles. The van der Waals surface area contributed by atoms with E-state index in [9.17, 15) is 0 Å². The molecule has 3 heteroatoms. The van der Waals surface area contributed by atoms with Crippen molar-refractivity contribution in [1.82, 2.24) is 9.97 Å². The summed E-state index contributed by atoms with van der Waals surface area (Å²) in [4.78, 5) is 10.2. The van der Waals surface area contributed by atoms with E-state index >= 15 is 0 Å². The third kappa shape index (κ3) is 5.04. The molecule has 2 heterocycles. The van der Waals surface area contributed by atoms with Crippen LogP contribution in [0.1, 0.15) is 41.5 Å². The summed E-state index contributed by atoms with van der Waals surface area (Å²) >= 11 is 0. The lowest BCUT2D eigenvalue weighted by atomic mass is 9.63. The molecular weight excluding hydrogens is 681 g/mol. The lowest BCUT2D eigenvalue weighted by Crippen LogP contribution is -2.37. The molecule has 0 N–H and O–H groups in total. The number of para-hydroxylation sites is 1. The van der Waals surface area contributed by atoms with Gasteiger partial charge in [0, 0.05) is 33.7 Å². The number of benzene rings is 6. The molecule has 3 aliphatic carbocycles. The zero-order valence-electron chi connectivity index (χ0n) is 30.9. The molecule has 0 saturated carbocycles. The monoisotopic (exact) mass is 718 g/mol. The Morgan fingerprint density at radius 2 is 1.12 bits per heavy atom. The van der Waals surface area contributed by atoms with Crippen molar-refractivity contribution in [2.45, 2.75) is 24.7 Å². The van der Waals surface area contributed by atoms with Crippen LogP contribution in [0.3, 0.4) is 0 Å². The van der Waals surface area contributed by atoms with Crippen molar-refractivity contribution in [2.24, 2.45) is 5.92 Å². The number of hydrogen-bond acceptors (Lipinski definition) is 3. The second kappa shape index (κ2) is 13.2. The van der Waals surface area contributed by atoms with Gasteiger partial charge in [-0.1, -0.05) is 170 Å². The van der Waals surface area contributed by atoms with Crippen LogP contribution in [0.25, 0.3) is 50.6 Å². The van der Waals surface area contributed by atoms with Crippen LogP contribution in [-0.2, 0) is 5.41 Å². The van der Waals surface area contributed by atoms with Crippen molar-refractivity contribution < 1.29 is 4.74 Å². The molecule has 1 aliphatic heterocycles. The molecule has 1 aromatic heterocycles. The molecule has 0 saturated heterocycles. The Kier molecular flexibility index (Phi) is 7.67. The third-order valence-electron chi connectivity index (χ3n) is 12.0. The van der Waals surface area contributed by atoms with Crippen LogP contribution in [-0.4, -0.2) is 9.97 Å². The van der Waals surface area contributed by atoms with E-state index in [-0.39, 0.29) is 5.92 Å². The average molecular weight is 719 g/mol. The van der Waals surface area contributed by atoms with Crippen LogP contribution >= 0.6 is 0 Å². The second-order valence-corrected chi connectivity index (χ2v) is 15.1. The number of ether oxygens (including phenoxy) is 1. The number of aromatic nitrogens is 2. The zero-order valence-corrected chi connectivity index (χ0v) is 30.9. The Balaban J connectivity index is 1.07. The minimum absolute atomic E-state index is 0.0591. The van der Waals surface area contributed by atoms with Gasteiger partial charge in [0.2, 0.25) is 0 Å². The van der Waals surface area contributed by atoms with E-state index in [4.69, 9.17) is 14.7 Å². The van der Waals surface area contributed by atoms with E-state index in [2.05, 4.69) is 164 Å². The van der Waals surface area contributed by atoms with Crippen molar-refractivity contribution in [3.05, 3.63) is 227 Å². The number of fused-ring (bicyclic) bond motifs is 8. The Labute approximate surface area is 327 Å². The summed E-state index contributed by atoms with van der Waals surface area (Å²) in [5.74, 6) is 2.78. The largest absolute Gasteiger partial charge is 0.460 e. The first kappa shape index (κ1) is 32.6. The van der Waals surface area contributed by atoms with Gasteiger partial charge >= 0.3 is 0 Å². The standard InChI is InChI=1S/C53H38N2O/c1-3-17-35(18-4-1)48-34-49(55-52(54-48)36-19-5-2-6-20-36)38-22-15-21-37(33-38)39-23-7-8-24-40(39)43-27-16-31-47-51(43)56-50-32-14-13-30-46(50)53(47)44-28-11-9-25-41(44)42-26-10-12-29-45(42)53/h1-6,8-22,24-26,28-34,43H,7,23,27H2. The quantitative estimate of drug-likeness (QED) is 0.178. The summed E-state index contributed by atoms with van der Waals surface area (Å²) < 4.78 is 7.15. The van der Waals surface area contributed by atoms with E-state index in [1.807, 2.05) is 24.3 Å². The Bertz CT molecular complexity index is 2700. The summed E-state index contributed by atoms with van der Waals surface area (Å²) in [7, 11) is 0. The first-order chi connectivity index (χ1) is 27.8. The van der Waals surface area contributed by atoms with Gasteiger partial charge in [0.05, 0.1) is 16.8 Å². The maximum absolute atomic E-state index is 7.15. The van der Waals surface area contributed by atoms with Gasteiger partial charge < -0.3 is 4.74 Å². The van der Waals surface area contributed by atoms with Crippen molar-refractivity contribution in [2.75, 3.05) is 0 Å². The highest BCUT2D eigenvalue weighted by Gasteiger charge is 2.53. The second-order valence-electron chi connectivity index (χ2n) is 15.1. The first-order valence-corrected chi connectivity index (χ1v) is 19.7. The molecule has 1 atom stereocenters. The van der Waals surface area contributed by atoms with Gasteiger partial charge in [0.25, 0.3) is 0 Å². The molecule has 0 amide bonds. The number of nitrogens with zero attached hydrogens (tertiary/aromatic N) is 2. The predicted molar refractivity (Wildman–Crippen MR) is 227 cm³/mol. The van der Waals surface area contributed by atoms with E-state index in [1.54, 1.807) is 0 Å². The summed E-state index contributed by atoms with van der Waals surface area (Å²) in [5, 5.41) is 0. The molecule has 0 bridgehead atoms. The van der Waals surface area contributed by atoms with Crippen LogP contribution in [0, 0.1) is 5.92 Å². The van der Waals surface area contributed by atoms with Crippen molar-refractivity contribution >= 4 is 5.57 Å². The molecule has 0 fully saturated rings. The minimum atomic E-state index is -0.467.